The van der Waals surface area contributed by atoms with Crippen molar-refractivity contribution in [2.24, 2.45) is 0 Å². The molecule has 0 fully saturated rings. The summed E-state index contributed by atoms with van der Waals surface area (Å²) >= 11 is 12.3. The fraction of sp³-hybridized carbons (Fsp3) is 0.222. The van der Waals surface area contributed by atoms with Crippen molar-refractivity contribution >= 4 is 29.1 Å². The normalized spacial score (nSPS) is 11.8. The fourth-order valence-electron chi connectivity index (χ4n) is 3.71. The summed E-state index contributed by atoms with van der Waals surface area (Å²) in [5.41, 5.74) is 3.08. The molecular weight excluding hydrogens is 515 g/mol. The highest BCUT2D eigenvalue weighted by Crippen LogP contribution is 2.29. The summed E-state index contributed by atoms with van der Waals surface area (Å²) in [5, 5.41) is 27.4. The van der Waals surface area contributed by atoms with E-state index < -0.39 is 6.04 Å². The number of hydrogen-bond acceptors (Lipinski definition) is 6. The number of pyridine rings is 1. The Morgan fingerprint density at radius 2 is 1.89 bits per heavy atom. The minimum absolute atomic E-state index is 0.168. The summed E-state index contributed by atoms with van der Waals surface area (Å²) in [6.45, 7) is 0.0811. The molecule has 192 valence electrons. The maximum atomic E-state index is 12.4. The number of halogens is 2. The molecular formula is C27H26Cl2N4O4. The summed E-state index contributed by atoms with van der Waals surface area (Å²) < 4.78 is 7.63. The number of phenols is 1. The van der Waals surface area contributed by atoms with Gasteiger partial charge in [-0.15, -0.1) is 0 Å². The molecule has 2 aromatic carbocycles. The lowest BCUT2D eigenvalue weighted by Gasteiger charge is -2.16. The van der Waals surface area contributed by atoms with E-state index in [0.717, 1.165) is 11.1 Å². The number of aliphatic hydroxyl groups is 1. The van der Waals surface area contributed by atoms with E-state index in [9.17, 15) is 15.0 Å². The van der Waals surface area contributed by atoms with Gasteiger partial charge in [-0.2, -0.15) is 5.10 Å². The number of carbonyl (C=O) groups is 1. The van der Waals surface area contributed by atoms with Crippen LogP contribution in [0.2, 0.25) is 10.0 Å². The molecule has 2 aromatic heterocycles. The molecule has 0 saturated heterocycles. The number of phenolic OH excluding ortho intramolecular Hbond substituents is 1. The van der Waals surface area contributed by atoms with Crippen molar-refractivity contribution in [3.05, 3.63) is 88.7 Å². The van der Waals surface area contributed by atoms with Crippen LogP contribution >= 0.6 is 23.2 Å². The van der Waals surface area contributed by atoms with Crippen LogP contribution < -0.4 is 10.1 Å². The molecule has 10 heteroatoms. The van der Waals surface area contributed by atoms with Crippen molar-refractivity contribution < 1.29 is 19.7 Å². The van der Waals surface area contributed by atoms with Crippen molar-refractivity contribution in [3.8, 4) is 28.6 Å². The molecule has 0 aliphatic rings. The van der Waals surface area contributed by atoms with E-state index in [0.29, 0.717) is 40.1 Å². The van der Waals surface area contributed by atoms with Crippen molar-refractivity contribution in [2.45, 2.75) is 25.3 Å². The van der Waals surface area contributed by atoms with Crippen LogP contribution in [0.25, 0.3) is 16.9 Å². The van der Waals surface area contributed by atoms with E-state index in [1.165, 1.54) is 0 Å². The highest BCUT2D eigenvalue weighted by atomic mass is 35.5. The maximum Gasteiger partial charge on any atom is 0.220 e. The van der Waals surface area contributed by atoms with Gasteiger partial charge in [-0.1, -0.05) is 35.3 Å². The van der Waals surface area contributed by atoms with Crippen LogP contribution in [0.5, 0.6) is 11.6 Å². The number of aromatic hydroxyl groups is 1. The predicted octanol–water partition coefficient (Wildman–Crippen LogP) is 4.83. The Kier molecular flexibility index (Phi) is 9.00. The molecule has 0 saturated carbocycles. The van der Waals surface area contributed by atoms with E-state index in [1.807, 2.05) is 12.1 Å². The van der Waals surface area contributed by atoms with Crippen molar-refractivity contribution in [2.75, 3.05) is 13.2 Å². The quantitative estimate of drug-likeness (QED) is 0.235. The van der Waals surface area contributed by atoms with Gasteiger partial charge in [-0.3, -0.25) is 9.78 Å². The van der Waals surface area contributed by atoms with Gasteiger partial charge in [0.25, 0.3) is 0 Å². The molecule has 4 rings (SSSR count). The van der Waals surface area contributed by atoms with Crippen molar-refractivity contribution in [1.29, 1.82) is 0 Å². The number of hydrogen-bond donors (Lipinski definition) is 3. The Hall–Kier alpha value is -3.59. The number of aromatic nitrogens is 3. The topological polar surface area (TPSA) is 110 Å². The van der Waals surface area contributed by atoms with Crippen LogP contribution in [0.3, 0.4) is 0 Å². The minimum Gasteiger partial charge on any atom is -0.508 e. The zero-order chi connectivity index (χ0) is 26.2. The smallest absolute Gasteiger partial charge is 0.220 e. The molecule has 4 aromatic rings. The number of nitrogens with one attached hydrogen (secondary N) is 1. The third-order valence-electron chi connectivity index (χ3n) is 5.58. The number of amides is 1. The lowest BCUT2D eigenvalue weighted by atomic mass is 10.1. The number of benzene rings is 2. The molecule has 8 nitrogen and oxygen atoms in total. The molecule has 2 heterocycles. The molecule has 0 bridgehead atoms. The lowest BCUT2D eigenvalue weighted by molar-refractivity contribution is -0.122. The molecule has 0 aliphatic carbocycles. The summed E-state index contributed by atoms with van der Waals surface area (Å²) in [5.74, 6) is 0.468. The SMILES string of the molecule is O=C(CCCOc1cc(-c2cccnc2)nn1-c1ccc(Cl)c(Cl)c1)N[C@H](CO)Cc1ccc(O)cc1. The first-order valence-corrected chi connectivity index (χ1v) is 12.5. The van der Waals surface area contributed by atoms with E-state index in [4.69, 9.17) is 27.9 Å². The molecule has 0 spiro atoms. The molecule has 37 heavy (non-hydrogen) atoms. The first-order valence-electron chi connectivity index (χ1n) is 11.7. The fourth-order valence-corrected chi connectivity index (χ4v) is 4.00. The van der Waals surface area contributed by atoms with Gasteiger partial charge < -0.3 is 20.3 Å². The maximum absolute atomic E-state index is 12.4. The number of ether oxygens (including phenoxy) is 1. The Morgan fingerprint density at radius 1 is 1.08 bits per heavy atom. The number of carbonyl (C=O) groups excluding carboxylic acids is 1. The van der Waals surface area contributed by atoms with Crippen LogP contribution in [0.1, 0.15) is 18.4 Å². The lowest BCUT2D eigenvalue weighted by Crippen LogP contribution is -2.39. The zero-order valence-corrected chi connectivity index (χ0v) is 21.4. The first kappa shape index (κ1) is 26.5. The van der Waals surface area contributed by atoms with E-state index in [-0.39, 0.29) is 31.3 Å². The standard InChI is InChI=1S/C27H26Cl2N4O4/c28-23-10-7-21(14-24(23)29)33-27(15-25(32-33)19-3-1-11-30-16-19)37-12-2-4-26(36)31-20(17-34)13-18-5-8-22(35)9-6-18/h1,3,5-11,14-16,20,34-35H,2,4,12-13,17H2,(H,31,36)/t20-/m0/s1. The largest absolute Gasteiger partial charge is 0.508 e. The second-order valence-electron chi connectivity index (χ2n) is 8.39. The molecule has 3 N–H and O–H groups in total. The third-order valence-corrected chi connectivity index (χ3v) is 6.32. The summed E-state index contributed by atoms with van der Waals surface area (Å²) in [6.07, 6.45) is 4.54. The Bertz CT molecular complexity index is 1330. The number of aliphatic hydroxyl groups excluding tert-OH is 1. The average molecular weight is 541 g/mol. The summed E-state index contributed by atoms with van der Waals surface area (Å²) in [4.78, 5) is 16.6. The zero-order valence-electron chi connectivity index (χ0n) is 19.8. The second-order valence-corrected chi connectivity index (χ2v) is 9.20. The summed E-state index contributed by atoms with van der Waals surface area (Å²) in [6, 6.07) is 17.0. The van der Waals surface area contributed by atoms with Crippen molar-refractivity contribution in [1.82, 2.24) is 20.1 Å². The summed E-state index contributed by atoms with van der Waals surface area (Å²) in [7, 11) is 0. The first-order chi connectivity index (χ1) is 17.9. The average Bonchev–Trinajstić information content (AvgIpc) is 3.34. The van der Waals surface area contributed by atoms with E-state index in [1.54, 1.807) is 65.6 Å². The highest BCUT2D eigenvalue weighted by Gasteiger charge is 2.15. The Labute approximate surface area is 224 Å². The number of rotatable bonds is 11. The van der Waals surface area contributed by atoms with Crippen LogP contribution in [-0.2, 0) is 11.2 Å². The van der Waals surface area contributed by atoms with E-state index >= 15 is 0 Å². The molecule has 0 radical (unpaired) electrons. The van der Waals surface area contributed by atoms with Crippen LogP contribution in [0.4, 0.5) is 0 Å². The van der Waals surface area contributed by atoms with Gasteiger partial charge in [0, 0.05) is 30.4 Å². The molecule has 0 unspecified atom stereocenters. The number of nitrogens with zero attached hydrogens (tertiary/aromatic N) is 3. The van der Waals surface area contributed by atoms with Crippen LogP contribution in [0, 0.1) is 0 Å². The second kappa shape index (κ2) is 12.6. The third kappa shape index (κ3) is 7.22. The van der Waals surface area contributed by atoms with Crippen molar-refractivity contribution in [3.63, 3.8) is 0 Å². The van der Waals surface area contributed by atoms with Gasteiger partial charge in [0.05, 0.1) is 40.7 Å². The van der Waals surface area contributed by atoms with Gasteiger partial charge in [0.2, 0.25) is 11.8 Å². The Morgan fingerprint density at radius 3 is 2.59 bits per heavy atom. The van der Waals surface area contributed by atoms with Gasteiger partial charge >= 0.3 is 0 Å². The van der Waals surface area contributed by atoms with E-state index in [2.05, 4.69) is 15.4 Å². The highest BCUT2D eigenvalue weighted by molar-refractivity contribution is 6.42. The van der Waals surface area contributed by atoms with Crippen LogP contribution in [0.15, 0.2) is 73.1 Å². The molecule has 0 aliphatic heterocycles. The predicted molar refractivity (Wildman–Crippen MR) is 142 cm³/mol. The van der Waals surface area contributed by atoms with Gasteiger partial charge in [-0.05, 0) is 60.9 Å². The monoisotopic (exact) mass is 540 g/mol. The minimum atomic E-state index is -0.420. The molecule has 1 amide bonds. The molecule has 1 atom stereocenters. The van der Waals surface area contributed by atoms with Crippen LogP contribution in [-0.4, -0.2) is 50.1 Å². The van der Waals surface area contributed by atoms with Gasteiger partial charge in [-0.25, -0.2) is 4.68 Å². The Balaban J connectivity index is 1.37. The van der Waals surface area contributed by atoms with Gasteiger partial charge in [0.1, 0.15) is 5.75 Å². The van der Waals surface area contributed by atoms with Gasteiger partial charge in [0.15, 0.2) is 0 Å².